The molecule has 130 valence electrons. The van der Waals surface area contributed by atoms with E-state index in [1.807, 2.05) is 0 Å². The molecule has 4 heteroatoms. The molecular weight excluding hydrogens is 294 g/mol. The number of nitrogens with one attached hydrogen (secondary N) is 1. The molecule has 0 spiro atoms. The highest BCUT2D eigenvalue weighted by Crippen LogP contribution is 2.11. The second-order valence-electron chi connectivity index (χ2n) is 5.91. The lowest BCUT2D eigenvalue weighted by Crippen LogP contribution is -2.37. The van der Waals surface area contributed by atoms with E-state index >= 15 is 0 Å². The number of unbranched alkanes of at least 4 members (excludes halogenated alkanes) is 9. The van der Waals surface area contributed by atoms with Gasteiger partial charge in [-0.2, -0.15) is 12.6 Å². The molecule has 1 amide bonds. The average Bonchev–Trinajstić information content (AvgIpc) is 2.53. The molecule has 0 aliphatic rings. The summed E-state index contributed by atoms with van der Waals surface area (Å²) in [4.78, 5) is 11.8. The summed E-state index contributed by atoms with van der Waals surface area (Å²) in [6, 6.07) is -0.191. The quantitative estimate of drug-likeness (QED) is 0.255. The van der Waals surface area contributed by atoms with Crippen molar-refractivity contribution in [3.8, 4) is 0 Å². The Hall–Kier alpha value is -0.640. The molecule has 0 heterocycles. The van der Waals surface area contributed by atoms with Crippen molar-refractivity contribution in [3.05, 3.63) is 12.3 Å². The van der Waals surface area contributed by atoms with Crippen LogP contribution in [0.4, 0.5) is 0 Å². The number of amides is 1. The first-order chi connectivity index (χ1) is 10.7. The summed E-state index contributed by atoms with van der Waals surface area (Å²) in [5.74, 6) is 1.14. The Labute approximate surface area is 142 Å². The molecule has 0 aromatic carbocycles. The number of methoxy groups -OCH3 is 1. The first-order valence-corrected chi connectivity index (χ1v) is 9.41. The van der Waals surface area contributed by atoms with Gasteiger partial charge in [0.15, 0.2) is 0 Å². The average molecular weight is 330 g/mol. The van der Waals surface area contributed by atoms with Crippen LogP contribution in [0.1, 0.15) is 77.6 Å². The van der Waals surface area contributed by atoms with Crippen LogP contribution < -0.4 is 5.32 Å². The van der Waals surface area contributed by atoms with Gasteiger partial charge in [-0.25, -0.2) is 0 Å². The number of rotatable bonds is 15. The molecule has 1 atom stereocenters. The van der Waals surface area contributed by atoms with Crippen LogP contribution in [0, 0.1) is 0 Å². The van der Waals surface area contributed by atoms with Crippen LogP contribution in [0.25, 0.3) is 0 Å². The number of carbonyl (C=O) groups excluding carboxylic acids is 1. The predicted molar refractivity (Wildman–Crippen MR) is 98.4 cm³/mol. The minimum atomic E-state index is -0.191. The zero-order valence-corrected chi connectivity index (χ0v) is 15.4. The van der Waals surface area contributed by atoms with Crippen LogP contribution in [0.3, 0.4) is 0 Å². The van der Waals surface area contributed by atoms with E-state index in [2.05, 4.69) is 31.4 Å². The Morgan fingerprint density at radius 3 is 2.00 bits per heavy atom. The molecule has 0 bridgehead atoms. The fourth-order valence-corrected chi connectivity index (χ4v) is 2.70. The zero-order valence-electron chi connectivity index (χ0n) is 14.5. The lowest BCUT2D eigenvalue weighted by molar-refractivity contribution is -0.121. The highest BCUT2D eigenvalue weighted by molar-refractivity contribution is 7.80. The third-order valence-electron chi connectivity index (χ3n) is 3.93. The van der Waals surface area contributed by atoms with Gasteiger partial charge in [0.25, 0.3) is 0 Å². The van der Waals surface area contributed by atoms with Gasteiger partial charge in [-0.15, -0.1) is 0 Å². The SMILES string of the molecule is C=C(OC)C(CS)NC(=O)CCCCCCCCCCCC. The number of hydrogen-bond donors (Lipinski definition) is 2. The van der Waals surface area contributed by atoms with E-state index in [0.717, 1.165) is 12.8 Å². The van der Waals surface area contributed by atoms with Gasteiger partial charge in [0.05, 0.1) is 13.2 Å². The molecule has 0 aromatic rings. The normalized spacial score (nSPS) is 12.0. The summed E-state index contributed by atoms with van der Waals surface area (Å²) in [5.41, 5.74) is 0. The summed E-state index contributed by atoms with van der Waals surface area (Å²) < 4.78 is 5.05. The van der Waals surface area contributed by atoms with Crippen molar-refractivity contribution >= 4 is 18.5 Å². The van der Waals surface area contributed by atoms with E-state index < -0.39 is 0 Å². The first kappa shape index (κ1) is 21.4. The van der Waals surface area contributed by atoms with E-state index in [0.29, 0.717) is 17.9 Å². The molecule has 0 aromatic heterocycles. The standard InChI is InChI=1S/C18H35NO2S/c1-4-5-6-7-8-9-10-11-12-13-14-18(20)19-17(15-22)16(2)21-3/h17,22H,2,4-15H2,1,3H3,(H,19,20). The van der Waals surface area contributed by atoms with Crippen LogP contribution in [0.5, 0.6) is 0 Å². The van der Waals surface area contributed by atoms with Gasteiger partial charge in [-0.1, -0.05) is 71.3 Å². The van der Waals surface area contributed by atoms with Gasteiger partial charge in [0.2, 0.25) is 5.91 Å². The molecule has 1 N–H and O–H groups in total. The van der Waals surface area contributed by atoms with Crippen molar-refractivity contribution in [3.63, 3.8) is 0 Å². The molecule has 0 saturated carbocycles. The van der Waals surface area contributed by atoms with Crippen molar-refractivity contribution in [1.82, 2.24) is 5.32 Å². The van der Waals surface area contributed by atoms with Crippen molar-refractivity contribution in [1.29, 1.82) is 0 Å². The number of thiol groups is 1. The molecule has 0 fully saturated rings. The Kier molecular flexibility index (Phi) is 14.8. The molecular formula is C18H35NO2S. The third-order valence-corrected chi connectivity index (χ3v) is 4.29. The van der Waals surface area contributed by atoms with Crippen LogP contribution in [0.15, 0.2) is 12.3 Å². The summed E-state index contributed by atoms with van der Waals surface area (Å²) in [6.45, 7) is 6.02. The molecule has 0 aliphatic heterocycles. The van der Waals surface area contributed by atoms with Crippen molar-refractivity contribution in [2.75, 3.05) is 12.9 Å². The maximum atomic E-state index is 11.8. The smallest absolute Gasteiger partial charge is 0.220 e. The van der Waals surface area contributed by atoms with Gasteiger partial charge in [-0.3, -0.25) is 4.79 Å². The Morgan fingerprint density at radius 1 is 1.05 bits per heavy atom. The second-order valence-corrected chi connectivity index (χ2v) is 6.27. The van der Waals surface area contributed by atoms with Gasteiger partial charge in [0, 0.05) is 12.2 Å². The minimum Gasteiger partial charge on any atom is -0.500 e. The van der Waals surface area contributed by atoms with E-state index in [1.165, 1.54) is 51.4 Å². The molecule has 0 saturated heterocycles. The first-order valence-electron chi connectivity index (χ1n) is 8.78. The zero-order chi connectivity index (χ0) is 16.6. The van der Waals surface area contributed by atoms with Crippen molar-refractivity contribution in [2.24, 2.45) is 0 Å². The summed E-state index contributed by atoms with van der Waals surface area (Å²) in [7, 11) is 1.56. The van der Waals surface area contributed by atoms with Crippen LogP contribution >= 0.6 is 12.6 Å². The maximum absolute atomic E-state index is 11.8. The molecule has 22 heavy (non-hydrogen) atoms. The number of ether oxygens (including phenoxy) is 1. The number of hydrogen-bond acceptors (Lipinski definition) is 3. The van der Waals surface area contributed by atoms with E-state index in [9.17, 15) is 4.79 Å². The lowest BCUT2D eigenvalue weighted by Gasteiger charge is -2.17. The molecule has 0 aliphatic carbocycles. The van der Waals surface area contributed by atoms with E-state index in [4.69, 9.17) is 4.74 Å². The maximum Gasteiger partial charge on any atom is 0.220 e. The Balaban J connectivity index is 3.47. The van der Waals surface area contributed by atoms with Gasteiger partial charge in [-0.05, 0) is 6.42 Å². The predicted octanol–water partition coefficient (Wildman–Crippen LogP) is 4.87. The molecule has 1 unspecified atom stereocenters. The summed E-state index contributed by atoms with van der Waals surface area (Å²) in [6.07, 6.45) is 13.4. The Morgan fingerprint density at radius 2 is 1.55 bits per heavy atom. The highest BCUT2D eigenvalue weighted by Gasteiger charge is 2.14. The lowest BCUT2D eigenvalue weighted by atomic mass is 10.1. The second kappa shape index (κ2) is 15.3. The van der Waals surface area contributed by atoms with E-state index in [-0.39, 0.29) is 11.9 Å². The van der Waals surface area contributed by atoms with Gasteiger partial charge < -0.3 is 10.1 Å². The topological polar surface area (TPSA) is 38.3 Å². The van der Waals surface area contributed by atoms with Crippen molar-refractivity contribution < 1.29 is 9.53 Å². The van der Waals surface area contributed by atoms with Crippen LogP contribution in [-0.2, 0) is 9.53 Å². The highest BCUT2D eigenvalue weighted by atomic mass is 32.1. The largest absolute Gasteiger partial charge is 0.500 e. The van der Waals surface area contributed by atoms with Gasteiger partial charge in [0.1, 0.15) is 5.76 Å². The molecule has 0 rings (SSSR count). The van der Waals surface area contributed by atoms with Crippen LogP contribution in [0.2, 0.25) is 0 Å². The van der Waals surface area contributed by atoms with Crippen LogP contribution in [-0.4, -0.2) is 24.8 Å². The molecule has 0 radical (unpaired) electrons. The fraction of sp³-hybridized carbons (Fsp3) is 0.833. The summed E-state index contributed by atoms with van der Waals surface area (Å²) in [5, 5.41) is 2.91. The van der Waals surface area contributed by atoms with E-state index in [1.54, 1.807) is 7.11 Å². The monoisotopic (exact) mass is 329 g/mol. The van der Waals surface area contributed by atoms with Gasteiger partial charge >= 0.3 is 0 Å². The minimum absolute atomic E-state index is 0.0665. The fourth-order valence-electron chi connectivity index (χ4n) is 2.41. The van der Waals surface area contributed by atoms with Crippen molar-refractivity contribution in [2.45, 2.75) is 83.6 Å². The third kappa shape index (κ3) is 12.0. The number of carbonyl (C=O) groups is 1. The molecule has 3 nitrogen and oxygen atoms in total. The summed E-state index contributed by atoms with van der Waals surface area (Å²) >= 11 is 4.21. The Bertz CT molecular complexity index is 295.